The number of sulfonamides is 1. The third kappa shape index (κ3) is 6.44. The van der Waals surface area contributed by atoms with E-state index in [1.807, 2.05) is 13.0 Å². The molecule has 2 N–H and O–H groups in total. The molecule has 0 heterocycles. The molecule has 0 fully saturated rings. The van der Waals surface area contributed by atoms with Gasteiger partial charge in [-0.1, -0.05) is 57.2 Å². The molecule has 0 atom stereocenters. The molecule has 0 aliphatic rings. The zero-order chi connectivity index (χ0) is 23.4. The number of amides is 1. The largest absolute Gasteiger partial charge is 0.326 e. The highest BCUT2D eigenvalue weighted by Crippen LogP contribution is 2.23. The summed E-state index contributed by atoms with van der Waals surface area (Å²) in [6.45, 7) is 8.41. The molecule has 0 spiro atoms. The Morgan fingerprint density at radius 2 is 1.53 bits per heavy atom. The van der Waals surface area contributed by atoms with Crippen LogP contribution >= 0.6 is 0 Å². The molecule has 1 amide bonds. The lowest BCUT2D eigenvalue weighted by Crippen LogP contribution is -2.14. The molecule has 0 bridgehead atoms. The fraction of sp³-hybridized carbons (Fsp3) is 0.269. The SMILES string of the molecule is Cc1cccc(NS(=O)(=O)c2ccc(NC(=O)CCc3ccc(C(C)(C)C)cc3)cc2)c1. The summed E-state index contributed by atoms with van der Waals surface area (Å²) < 4.78 is 27.8. The summed E-state index contributed by atoms with van der Waals surface area (Å²) in [6.07, 6.45) is 0.993. The van der Waals surface area contributed by atoms with E-state index in [0.29, 0.717) is 24.2 Å². The van der Waals surface area contributed by atoms with Crippen molar-refractivity contribution in [1.82, 2.24) is 0 Å². The number of carbonyl (C=O) groups excluding carboxylic acids is 1. The highest BCUT2D eigenvalue weighted by atomic mass is 32.2. The van der Waals surface area contributed by atoms with Gasteiger partial charge >= 0.3 is 0 Å². The Bertz CT molecular complexity index is 1180. The van der Waals surface area contributed by atoms with Crippen molar-refractivity contribution in [2.24, 2.45) is 0 Å². The summed E-state index contributed by atoms with van der Waals surface area (Å²) in [5.74, 6) is -0.113. The summed E-state index contributed by atoms with van der Waals surface area (Å²) >= 11 is 0. The van der Waals surface area contributed by atoms with E-state index in [4.69, 9.17) is 0 Å². The molecule has 0 saturated carbocycles. The van der Waals surface area contributed by atoms with Gasteiger partial charge in [-0.15, -0.1) is 0 Å². The van der Waals surface area contributed by atoms with Gasteiger partial charge in [-0.2, -0.15) is 0 Å². The van der Waals surface area contributed by atoms with Crippen molar-refractivity contribution in [3.63, 3.8) is 0 Å². The van der Waals surface area contributed by atoms with Gasteiger partial charge in [0, 0.05) is 17.8 Å². The normalized spacial score (nSPS) is 11.8. The molecule has 0 unspecified atom stereocenters. The molecule has 3 aromatic carbocycles. The minimum absolute atomic E-state index is 0.102. The molecule has 0 aliphatic carbocycles. The van der Waals surface area contributed by atoms with Crippen LogP contribution in [-0.4, -0.2) is 14.3 Å². The van der Waals surface area contributed by atoms with Gasteiger partial charge in [-0.25, -0.2) is 8.42 Å². The average molecular weight is 451 g/mol. The highest BCUT2D eigenvalue weighted by Gasteiger charge is 2.15. The van der Waals surface area contributed by atoms with Crippen LogP contribution in [0.15, 0.2) is 77.7 Å². The van der Waals surface area contributed by atoms with Gasteiger partial charge < -0.3 is 5.32 Å². The van der Waals surface area contributed by atoms with E-state index in [9.17, 15) is 13.2 Å². The van der Waals surface area contributed by atoms with Gasteiger partial charge in [0.25, 0.3) is 10.0 Å². The fourth-order valence-corrected chi connectivity index (χ4v) is 4.34. The summed E-state index contributed by atoms with van der Waals surface area (Å²) in [5.41, 5.74) is 4.51. The molecule has 5 nitrogen and oxygen atoms in total. The number of benzene rings is 3. The zero-order valence-corrected chi connectivity index (χ0v) is 19.8. The first kappa shape index (κ1) is 23.5. The van der Waals surface area contributed by atoms with Crippen molar-refractivity contribution >= 4 is 27.3 Å². The predicted molar refractivity (Wildman–Crippen MR) is 131 cm³/mol. The number of aryl methyl sites for hydroxylation is 2. The average Bonchev–Trinajstić information content (AvgIpc) is 2.72. The summed E-state index contributed by atoms with van der Waals surface area (Å²) in [4.78, 5) is 12.5. The van der Waals surface area contributed by atoms with E-state index in [-0.39, 0.29) is 16.2 Å². The van der Waals surface area contributed by atoms with Crippen LogP contribution in [0.5, 0.6) is 0 Å². The first-order valence-corrected chi connectivity index (χ1v) is 12.1. The van der Waals surface area contributed by atoms with Gasteiger partial charge in [0.1, 0.15) is 0 Å². The van der Waals surface area contributed by atoms with Crippen LogP contribution in [0.4, 0.5) is 11.4 Å². The second kappa shape index (κ2) is 9.57. The van der Waals surface area contributed by atoms with Crippen molar-refractivity contribution in [1.29, 1.82) is 0 Å². The maximum Gasteiger partial charge on any atom is 0.261 e. The van der Waals surface area contributed by atoms with Gasteiger partial charge in [-0.05, 0) is 71.8 Å². The number of rotatable bonds is 7. The van der Waals surface area contributed by atoms with Crippen molar-refractivity contribution in [3.05, 3.63) is 89.5 Å². The van der Waals surface area contributed by atoms with E-state index in [0.717, 1.165) is 11.1 Å². The molecule has 0 saturated heterocycles. The zero-order valence-electron chi connectivity index (χ0n) is 19.0. The van der Waals surface area contributed by atoms with E-state index in [2.05, 4.69) is 55.1 Å². The monoisotopic (exact) mass is 450 g/mol. The Kier molecular flexibility index (Phi) is 7.04. The molecule has 32 heavy (non-hydrogen) atoms. The smallest absolute Gasteiger partial charge is 0.261 e. The van der Waals surface area contributed by atoms with Crippen LogP contribution < -0.4 is 10.0 Å². The van der Waals surface area contributed by atoms with Crippen LogP contribution in [0.25, 0.3) is 0 Å². The molecular weight excluding hydrogens is 420 g/mol. The number of nitrogens with one attached hydrogen (secondary N) is 2. The molecule has 3 rings (SSSR count). The summed E-state index contributed by atoms with van der Waals surface area (Å²) in [7, 11) is -3.70. The third-order valence-corrected chi connectivity index (χ3v) is 6.58. The van der Waals surface area contributed by atoms with Crippen LogP contribution in [0.3, 0.4) is 0 Å². The third-order valence-electron chi connectivity index (χ3n) is 5.18. The van der Waals surface area contributed by atoms with Gasteiger partial charge in [-0.3, -0.25) is 9.52 Å². The first-order chi connectivity index (χ1) is 15.0. The lowest BCUT2D eigenvalue weighted by molar-refractivity contribution is -0.116. The Hall–Kier alpha value is -3.12. The lowest BCUT2D eigenvalue weighted by atomic mass is 9.86. The first-order valence-electron chi connectivity index (χ1n) is 10.6. The standard InChI is InChI=1S/C26H30N2O3S/c1-19-6-5-7-23(18-19)28-32(30,31)24-15-13-22(14-16-24)27-25(29)17-10-20-8-11-21(12-9-20)26(2,3)4/h5-9,11-16,18,28H,10,17H2,1-4H3,(H,27,29). The molecule has 0 aromatic heterocycles. The molecule has 3 aromatic rings. The Morgan fingerprint density at radius 1 is 0.875 bits per heavy atom. The molecule has 6 heteroatoms. The van der Waals surface area contributed by atoms with Crippen molar-refractivity contribution in [3.8, 4) is 0 Å². The molecule has 168 valence electrons. The van der Waals surface area contributed by atoms with Crippen molar-refractivity contribution in [2.45, 2.75) is 50.8 Å². The topological polar surface area (TPSA) is 75.3 Å². The van der Waals surface area contributed by atoms with Crippen molar-refractivity contribution in [2.75, 3.05) is 10.0 Å². The van der Waals surface area contributed by atoms with Crippen LogP contribution in [0.2, 0.25) is 0 Å². The minimum Gasteiger partial charge on any atom is -0.326 e. The number of hydrogen-bond donors (Lipinski definition) is 2. The summed E-state index contributed by atoms with van der Waals surface area (Å²) in [6, 6.07) is 21.7. The Labute approximate surface area is 190 Å². The fourth-order valence-electron chi connectivity index (χ4n) is 3.29. The Balaban J connectivity index is 1.56. The van der Waals surface area contributed by atoms with E-state index < -0.39 is 10.0 Å². The predicted octanol–water partition coefficient (Wildman–Crippen LogP) is 5.66. The number of hydrogen-bond acceptors (Lipinski definition) is 3. The maximum atomic E-state index is 12.6. The van der Waals surface area contributed by atoms with Gasteiger partial charge in [0.05, 0.1) is 4.90 Å². The van der Waals surface area contributed by atoms with E-state index >= 15 is 0 Å². The number of anilines is 2. The van der Waals surface area contributed by atoms with Crippen molar-refractivity contribution < 1.29 is 13.2 Å². The highest BCUT2D eigenvalue weighted by molar-refractivity contribution is 7.92. The quantitative estimate of drug-likeness (QED) is 0.487. The minimum atomic E-state index is -3.70. The second-order valence-electron chi connectivity index (χ2n) is 8.99. The number of carbonyl (C=O) groups is 1. The van der Waals surface area contributed by atoms with E-state index in [1.54, 1.807) is 30.3 Å². The lowest BCUT2D eigenvalue weighted by Gasteiger charge is -2.19. The van der Waals surface area contributed by atoms with Crippen LogP contribution in [0.1, 0.15) is 43.9 Å². The van der Waals surface area contributed by atoms with Gasteiger partial charge in [0.2, 0.25) is 5.91 Å². The summed E-state index contributed by atoms with van der Waals surface area (Å²) in [5, 5.41) is 2.83. The van der Waals surface area contributed by atoms with E-state index in [1.165, 1.54) is 17.7 Å². The van der Waals surface area contributed by atoms with Crippen LogP contribution in [-0.2, 0) is 26.7 Å². The van der Waals surface area contributed by atoms with Crippen LogP contribution in [0, 0.1) is 6.92 Å². The molecule has 0 radical (unpaired) electrons. The molecule has 0 aliphatic heterocycles. The maximum absolute atomic E-state index is 12.6. The Morgan fingerprint density at radius 3 is 2.12 bits per heavy atom. The van der Waals surface area contributed by atoms with Gasteiger partial charge in [0.15, 0.2) is 0 Å². The molecular formula is C26H30N2O3S. The second-order valence-corrected chi connectivity index (χ2v) is 10.7.